The van der Waals surface area contributed by atoms with Crippen LogP contribution in [0.25, 0.3) is 0 Å². The van der Waals surface area contributed by atoms with E-state index >= 15 is 0 Å². The minimum atomic E-state index is -0.325. The van der Waals surface area contributed by atoms with Gasteiger partial charge in [0, 0.05) is 6.54 Å². The van der Waals surface area contributed by atoms with E-state index in [1.165, 1.54) is 0 Å². The molecule has 2 fully saturated rings. The fourth-order valence-electron chi connectivity index (χ4n) is 1.83. The summed E-state index contributed by atoms with van der Waals surface area (Å²) >= 11 is 0. The number of aliphatic hydroxyl groups is 1. The second-order valence-electron chi connectivity index (χ2n) is 3.77. The van der Waals surface area contributed by atoms with Crippen molar-refractivity contribution >= 4 is 5.91 Å². The molecule has 12 heavy (non-hydrogen) atoms. The quantitative estimate of drug-likeness (QED) is 0.562. The number of amides is 1. The predicted octanol–water partition coefficient (Wildman–Crippen LogP) is -0.929. The zero-order valence-electron chi connectivity index (χ0n) is 6.99. The summed E-state index contributed by atoms with van der Waals surface area (Å²) in [5.41, 5.74) is 5.36. The van der Waals surface area contributed by atoms with Crippen LogP contribution in [0, 0.1) is 0 Å². The van der Waals surface area contributed by atoms with Crippen LogP contribution in [0.4, 0.5) is 0 Å². The Morgan fingerprint density at radius 1 is 1.67 bits per heavy atom. The van der Waals surface area contributed by atoms with E-state index in [2.05, 4.69) is 0 Å². The monoisotopic (exact) mass is 170 g/mol. The first kappa shape index (κ1) is 8.01. The molecule has 1 aliphatic heterocycles. The number of hydrogen-bond donors (Lipinski definition) is 2. The van der Waals surface area contributed by atoms with Gasteiger partial charge in [-0.2, -0.15) is 0 Å². The Bertz CT molecular complexity index is 213. The molecule has 0 aromatic carbocycles. The second kappa shape index (κ2) is 2.44. The van der Waals surface area contributed by atoms with Gasteiger partial charge in [-0.1, -0.05) is 0 Å². The third kappa shape index (κ3) is 0.949. The van der Waals surface area contributed by atoms with Gasteiger partial charge in [-0.05, 0) is 19.3 Å². The van der Waals surface area contributed by atoms with Gasteiger partial charge in [0.2, 0.25) is 5.91 Å². The van der Waals surface area contributed by atoms with Gasteiger partial charge in [-0.25, -0.2) is 0 Å². The van der Waals surface area contributed by atoms with E-state index in [1.807, 2.05) is 0 Å². The standard InChI is InChI=1S/C8H14N2O2/c9-6-1-4-10(7(6)12)8(5-11)2-3-8/h6,11H,1-5,9H2. The molecule has 1 amide bonds. The van der Waals surface area contributed by atoms with Crippen LogP contribution in [0.2, 0.25) is 0 Å². The highest BCUT2D eigenvalue weighted by atomic mass is 16.3. The van der Waals surface area contributed by atoms with Crippen molar-refractivity contribution in [2.75, 3.05) is 13.2 Å². The summed E-state index contributed by atoms with van der Waals surface area (Å²) in [5.74, 6) is 0.0153. The number of likely N-dealkylation sites (tertiary alicyclic amines) is 1. The number of carbonyl (C=O) groups is 1. The van der Waals surface area contributed by atoms with E-state index in [0.717, 1.165) is 25.8 Å². The number of nitrogens with zero attached hydrogens (tertiary/aromatic N) is 1. The van der Waals surface area contributed by atoms with Gasteiger partial charge < -0.3 is 15.7 Å². The van der Waals surface area contributed by atoms with E-state index in [0.29, 0.717) is 0 Å². The average molecular weight is 170 g/mol. The zero-order valence-corrected chi connectivity index (χ0v) is 6.99. The molecule has 1 atom stereocenters. The molecule has 4 heteroatoms. The Morgan fingerprint density at radius 3 is 2.67 bits per heavy atom. The molecule has 0 bridgehead atoms. The lowest BCUT2D eigenvalue weighted by atomic mass is 10.2. The predicted molar refractivity (Wildman–Crippen MR) is 43.4 cm³/mol. The number of hydrogen-bond acceptors (Lipinski definition) is 3. The van der Waals surface area contributed by atoms with Crippen molar-refractivity contribution in [3.63, 3.8) is 0 Å². The Labute approximate surface area is 71.3 Å². The van der Waals surface area contributed by atoms with Gasteiger partial charge in [0.25, 0.3) is 0 Å². The van der Waals surface area contributed by atoms with Gasteiger partial charge >= 0.3 is 0 Å². The van der Waals surface area contributed by atoms with Crippen molar-refractivity contribution in [1.29, 1.82) is 0 Å². The molecule has 4 nitrogen and oxygen atoms in total. The first-order chi connectivity index (χ1) is 5.69. The topological polar surface area (TPSA) is 66.6 Å². The Balaban J connectivity index is 2.10. The molecule has 1 heterocycles. The zero-order chi connectivity index (χ0) is 8.77. The highest BCUT2D eigenvalue weighted by molar-refractivity contribution is 5.84. The van der Waals surface area contributed by atoms with Crippen molar-refractivity contribution < 1.29 is 9.90 Å². The minimum Gasteiger partial charge on any atom is -0.394 e. The third-order valence-electron chi connectivity index (χ3n) is 2.94. The number of rotatable bonds is 2. The van der Waals surface area contributed by atoms with Crippen LogP contribution in [-0.2, 0) is 4.79 Å². The van der Waals surface area contributed by atoms with E-state index in [4.69, 9.17) is 10.8 Å². The van der Waals surface area contributed by atoms with Crippen LogP contribution < -0.4 is 5.73 Å². The second-order valence-corrected chi connectivity index (χ2v) is 3.77. The fourth-order valence-corrected chi connectivity index (χ4v) is 1.83. The van der Waals surface area contributed by atoms with Crippen LogP contribution in [-0.4, -0.2) is 40.6 Å². The third-order valence-corrected chi connectivity index (χ3v) is 2.94. The van der Waals surface area contributed by atoms with Gasteiger partial charge in [0.15, 0.2) is 0 Å². The van der Waals surface area contributed by atoms with Crippen molar-refractivity contribution in [3.8, 4) is 0 Å². The Kier molecular flexibility index (Phi) is 1.63. The molecular weight excluding hydrogens is 156 g/mol. The van der Waals surface area contributed by atoms with E-state index in [1.54, 1.807) is 4.90 Å². The summed E-state index contributed by atoms with van der Waals surface area (Å²) in [6, 6.07) is -0.325. The van der Waals surface area contributed by atoms with Crippen LogP contribution in [0.5, 0.6) is 0 Å². The molecule has 0 spiro atoms. The van der Waals surface area contributed by atoms with Gasteiger partial charge in [-0.3, -0.25) is 4.79 Å². The highest BCUT2D eigenvalue weighted by Crippen LogP contribution is 2.43. The maximum absolute atomic E-state index is 11.4. The van der Waals surface area contributed by atoms with Crippen LogP contribution >= 0.6 is 0 Å². The number of carbonyl (C=O) groups excluding carboxylic acids is 1. The Morgan fingerprint density at radius 2 is 2.33 bits per heavy atom. The average Bonchev–Trinajstić information content (AvgIpc) is 2.79. The summed E-state index contributed by atoms with van der Waals surface area (Å²) in [6.45, 7) is 0.812. The van der Waals surface area contributed by atoms with E-state index in [9.17, 15) is 4.79 Å². The molecule has 2 rings (SSSR count). The van der Waals surface area contributed by atoms with Crippen LogP contribution in [0.15, 0.2) is 0 Å². The molecule has 3 N–H and O–H groups in total. The number of nitrogens with two attached hydrogens (primary N) is 1. The van der Waals surface area contributed by atoms with Gasteiger partial charge in [0.05, 0.1) is 18.2 Å². The summed E-state index contributed by atoms with van der Waals surface area (Å²) in [6.07, 6.45) is 2.60. The molecule has 68 valence electrons. The lowest BCUT2D eigenvalue weighted by Crippen LogP contribution is -2.44. The Hall–Kier alpha value is -0.610. The summed E-state index contributed by atoms with van der Waals surface area (Å²) < 4.78 is 0. The fraction of sp³-hybridized carbons (Fsp3) is 0.875. The minimum absolute atomic E-state index is 0.0153. The van der Waals surface area contributed by atoms with Gasteiger partial charge in [-0.15, -0.1) is 0 Å². The molecule has 0 radical (unpaired) electrons. The molecular formula is C8H14N2O2. The lowest BCUT2D eigenvalue weighted by Gasteiger charge is -2.25. The van der Waals surface area contributed by atoms with E-state index < -0.39 is 0 Å². The van der Waals surface area contributed by atoms with Crippen LogP contribution in [0.3, 0.4) is 0 Å². The smallest absolute Gasteiger partial charge is 0.240 e. The van der Waals surface area contributed by atoms with Crippen molar-refractivity contribution in [3.05, 3.63) is 0 Å². The first-order valence-electron chi connectivity index (χ1n) is 4.37. The lowest BCUT2D eigenvalue weighted by molar-refractivity contribution is -0.132. The normalized spacial score (nSPS) is 32.7. The van der Waals surface area contributed by atoms with Crippen molar-refractivity contribution in [1.82, 2.24) is 4.90 Å². The largest absolute Gasteiger partial charge is 0.394 e. The van der Waals surface area contributed by atoms with Gasteiger partial charge in [0.1, 0.15) is 0 Å². The maximum atomic E-state index is 11.4. The molecule has 1 unspecified atom stereocenters. The first-order valence-corrected chi connectivity index (χ1v) is 4.37. The molecule has 2 aliphatic rings. The summed E-state index contributed by atoms with van der Waals surface area (Å²) in [4.78, 5) is 13.2. The summed E-state index contributed by atoms with van der Waals surface area (Å²) in [7, 11) is 0. The molecule has 0 aromatic rings. The number of aliphatic hydroxyl groups excluding tert-OH is 1. The SMILES string of the molecule is NC1CCN(C2(CO)CC2)C1=O. The maximum Gasteiger partial charge on any atom is 0.240 e. The molecule has 0 aromatic heterocycles. The molecule has 1 saturated heterocycles. The molecule has 1 aliphatic carbocycles. The molecule has 1 saturated carbocycles. The van der Waals surface area contributed by atoms with Crippen LogP contribution in [0.1, 0.15) is 19.3 Å². The van der Waals surface area contributed by atoms with E-state index in [-0.39, 0.29) is 24.1 Å². The van der Waals surface area contributed by atoms with Crippen molar-refractivity contribution in [2.45, 2.75) is 30.8 Å². The van der Waals surface area contributed by atoms with Crippen molar-refractivity contribution in [2.24, 2.45) is 5.73 Å². The summed E-state index contributed by atoms with van der Waals surface area (Å²) in [5, 5.41) is 9.09. The highest BCUT2D eigenvalue weighted by Gasteiger charge is 2.52.